The predicted molar refractivity (Wildman–Crippen MR) is 62.1 cm³/mol. The van der Waals surface area contributed by atoms with Crippen molar-refractivity contribution < 1.29 is 14.4 Å². The minimum atomic E-state index is -0.462. The molecule has 0 radical (unpaired) electrons. The summed E-state index contributed by atoms with van der Waals surface area (Å²) >= 11 is 0. The Kier molecular flexibility index (Phi) is 5.09. The summed E-state index contributed by atoms with van der Waals surface area (Å²) in [4.78, 5) is 35.9. The molecule has 1 atom stereocenters. The lowest BCUT2D eigenvalue weighted by Gasteiger charge is -2.23. The van der Waals surface area contributed by atoms with Gasteiger partial charge in [0.25, 0.3) is 0 Å². The molecule has 3 N–H and O–H groups in total. The van der Waals surface area contributed by atoms with Gasteiger partial charge >= 0.3 is 0 Å². The van der Waals surface area contributed by atoms with Crippen molar-refractivity contribution in [3.05, 3.63) is 0 Å². The van der Waals surface area contributed by atoms with Crippen LogP contribution in [-0.2, 0) is 14.4 Å². The van der Waals surface area contributed by atoms with Crippen molar-refractivity contribution in [3.8, 4) is 0 Å². The minimum Gasteiger partial charge on any atom is -0.347 e. The summed E-state index contributed by atoms with van der Waals surface area (Å²) < 4.78 is 0. The van der Waals surface area contributed by atoms with E-state index in [4.69, 9.17) is 5.73 Å². The highest BCUT2D eigenvalue weighted by Crippen LogP contribution is 2.17. The van der Waals surface area contributed by atoms with Gasteiger partial charge in [0.1, 0.15) is 6.04 Å². The number of nitrogens with one attached hydrogen (secondary N) is 1. The largest absolute Gasteiger partial charge is 0.347 e. The second-order valence-electron chi connectivity index (χ2n) is 4.06. The SMILES string of the molecule is CCC(=O)CNC(=O)C1CCCN1C(=O)CN. The zero-order valence-corrected chi connectivity index (χ0v) is 10.1. The molecule has 6 heteroatoms. The van der Waals surface area contributed by atoms with Crippen molar-refractivity contribution in [1.29, 1.82) is 0 Å². The van der Waals surface area contributed by atoms with Gasteiger partial charge in [-0.05, 0) is 12.8 Å². The van der Waals surface area contributed by atoms with E-state index in [0.717, 1.165) is 6.42 Å². The first kappa shape index (κ1) is 13.6. The molecule has 6 nitrogen and oxygen atoms in total. The number of Topliss-reactive ketones (excluding diaryl/α,β-unsaturated/α-hetero) is 1. The van der Waals surface area contributed by atoms with Gasteiger partial charge in [-0.1, -0.05) is 6.92 Å². The van der Waals surface area contributed by atoms with E-state index in [-0.39, 0.29) is 30.7 Å². The van der Waals surface area contributed by atoms with E-state index in [1.165, 1.54) is 4.90 Å². The summed E-state index contributed by atoms with van der Waals surface area (Å²) in [6.45, 7) is 2.26. The number of hydrogen-bond donors (Lipinski definition) is 2. The second kappa shape index (κ2) is 6.34. The highest BCUT2D eigenvalue weighted by atomic mass is 16.2. The third kappa shape index (κ3) is 3.52. The van der Waals surface area contributed by atoms with Crippen molar-refractivity contribution in [1.82, 2.24) is 10.2 Å². The molecular weight excluding hydrogens is 222 g/mol. The standard InChI is InChI=1S/C11H19N3O3/c1-2-8(15)7-13-11(17)9-4-3-5-14(9)10(16)6-12/h9H,2-7,12H2,1H3,(H,13,17). The van der Waals surface area contributed by atoms with E-state index in [2.05, 4.69) is 5.32 Å². The lowest BCUT2D eigenvalue weighted by atomic mass is 10.2. The molecule has 1 fully saturated rings. The number of carbonyl (C=O) groups is 3. The third-order valence-electron chi connectivity index (χ3n) is 2.90. The Balaban J connectivity index is 2.50. The molecule has 1 aliphatic heterocycles. The van der Waals surface area contributed by atoms with Crippen LogP contribution in [0.1, 0.15) is 26.2 Å². The molecule has 96 valence electrons. The Morgan fingerprint density at radius 1 is 1.41 bits per heavy atom. The molecule has 0 aliphatic carbocycles. The average molecular weight is 241 g/mol. The lowest BCUT2D eigenvalue weighted by molar-refractivity contribution is -0.137. The van der Waals surface area contributed by atoms with Gasteiger partial charge in [-0.3, -0.25) is 14.4 Å². The first-order chi connectivity index (χ1) is 8.10. The molecule has 0 aromatic carbocycles. The van der Waals surface area contributed by atoms with Crippen molar-refractivity contribution in [3.63, 3.8) is 0 Å². The van der Waals surface area contributed by atoms with Crippen LogP contribution in [0.2, 0.25) is 0 Å². The Labute approximate surface area is 101 Å². The van der Waals surface area contributed by atoms with Crippen molar-refractivity contribution in [2.75, 3.05) is 19.6 Å². The zero-order valence-electron chi connectivity index (χ0n) is 10.1. The second-order valence-corrected chi connectivity index (χ2v) is 4.06. The quantitative estimate of drug-likeness (QED) is 0.648. The number of hydrogen-bond acceptors (Lipinski definition) is 4. The molecule has 0 spiro atoms. The molecule has 1 saturated heterocycles. The maximum Gasteiger partial charge on any atom is 0.243 e. The molecule has 1 unspecified atom stereocenters. The smallest absolute Gasteiger partial charge is 0.243 e. The normalized spacial score (nSPS) is 19.2. The van der Waals surface area contributed by atoms with Crippen LogP contribution in [0, 0.1) is 0 Å². The molecular formula is C11H19N3O3. The van der Waals surface area contributed by atoms with Gasteiger partial charge in [0.2, 0.25) is 11.8 Å². The number of nitrogens with two attached hydrogens (primary N) is 1. The molecule has 1 aliphatic rings. The maximum absolute atomic E-state index is 11.8. The molecule has 1 heterocycles. The van der Waals surface area contributed by atoms with Crippen LogP contribution in [0.5, 0.6) is 0 Å². The molecule has 1 rings (SSSR count). The van der Waals surface area contributed by atoms with Crippen LogP contribution >= 0.6 is 0 Å². The van der Waals surface area contributed by atoms with Gasteiger partial charge in [0.15, 0.2) is 5.78 Å². The van der Waals surface area contributed by atoms with Crippen molar-refractivity contribution in [2.45, 2.75) is 32.2 Å². The molecule has 0 aromatic heterocycles. The number of rotatable bonds is 5. The zero-order chi connectivity index (χ0) is 12.8. The van der Waals surface area contributed by atoms with Gasteiger partial charge in [-0.25, -0.2) is 0 Å². The Bertz CT molecular complexity index is 317. The summed E-state index contributed by atoms with van der Waals surface area (Å²) in [6, 6.07) is -0.462. The Hall–Kier alpha value is -1.43. The molecule has 17 heavy (non-hydrogen) atoms. The number of likely N-dealkylation sites (tertiary alicyclic amines) is 1. The van der Waals surface area contributed by atoms with E-state index < -0.39 is 6.04 Å². The van der Waals surface area contributed by atoms with E-state index >= 15 is 0 Å². The van der Waals surface area contributed by atoms with E-state index in [1.54, 1.807) is 6.92 Å². The fourth-order valence-corrected chi connectivity index (χ4v) is 1.88. The summed E-state index contributed by atoms with van der Waals surface area (Å²) in [5.41, 5.74) is 5.28. The minimum absolute atomic E-state index is 0.0203. The van der Waals surface area contributed by atoms with Gasteiger partial charge < -0.3 is 16.0 Å². The van der Waals surface area contributed by atoms with Gasteiger partial charge in [-0.15, -0.1) is 0 Å². The monoisotopic (exact) mass is 241 g/mol. The molecule has 0 aromatic rings. The third-order valence-corrected chi connectivity index (χ3v) is 2.90. The van der Waals surface area contributed by atoms with Crippen LogP contribution in [0.3, 0.4) is 0 Å². The van der Waals surface area contributed by atoms with Crippen LogP contribution in [0.15, 0.2) is 0 Å². The number of nitrogens with zero attached hydrogens (tertiary/aromatic N) is 1. The van der Waals surface area contributed by atoms with Crippen LogP contribution < -0.4 is 11.1 Å². The number of ketones is 1. The first-order valence-corrected chi connectivity index (χ1v) is 5.89. The molecule has 0 bridgehead atoms. The average Bonchev–Trinajstić information content (AvgIpc) is 2.83. The molecule has 0 saturated carbocycles. The van der Waals surface area contributed by atoms with Crippen molar-refractivity contribution >= 4 is 17.6 Å². The van der Waals surface area contributed by atoms with E-state index in [9.17, 15) is 14.4 Å². The summed E-state index contributed by atoms with van der Waals surface area (Å²) in [5, 5.41) is 2.56. The fourth-order valence-electron chi connectivity index (χ4n) is 1.88. The topological polar surface area (TPSA) is 92.5 Å². The van der Waals surface area contributed by atoms with E-state index in [1.807, 2.05) is 0 Å². The fraction of sp³-hybridized carbons (Fsp3) is 0.727. The van der Waals surface area contributed by atoms with E-state index in [0.29, 0.717) is 19.4 Å². The van der Waals surface area contributed by atoms with Crippen LogP contribution in [0.4, 0.5) is 0 Å². The van der Waals surface area contributed by atoms with Gasteiger partial charge in [0, 0.05) is 13.0 Å². The lowest BCUT2D eigenvalue weighted by Crippen LogP contribution is -2.48. The van der Waals surface area contributed by atoms with Gasteiger partial charge in [-0.2, -0.15) is 0 Å². The Morgan fingerprint density at radius 2 is 2.12 bits per heavy atom. The summed E-state index contributed by atoms with van der Waals surface area (Å²) in [6.07, 6.45) is 1.83. The number of carbonyl (C=O) groups excluding carboxylic acids is 3. The summed E-state index contributed by atoms with van der Waals surface area (Å²) in [5.74, 6) is -0.497. The highest BCUT2D eigenvalue weighted by molar-refractivity contribution is 5.91. The van der Waals surface area contributed by atoms with Crippen molar-refractivity contribution in [2.24, 2.45) is 5.73 Å². The summed E-state index contributed by atoms with van der Waals surface area (Å²) in [7, 11) is 0. The molecule has 2 amide bonds. The van der Waals surface area contributed by atoms with Crippen LogP contribution in [-0.4, -0.2) is 48.2 Å². The number of amides is 2. The first-order valence-electron chi connectivity index (χ1n) is 5.89. The van der Waals surface area contributed by atoms with Gasteiger partial charge in [0.05, 0.1) is 13.1 Å². The maximum atomic E-state index is 11.8. The Morgan fingerprint density at radius 3 is 2.71 bits per heavy atom. The predicted octanol–water partition coefficient (Wildman–Crippen LogP) is -0.969. The van der Waals surface area contributed by atoms with Crippen LogP contribution in [0.25, 0.3) is 0 Å². The highest BCUT2D eigenvalue weighted by Gasteiger charge is 2.33.